The van der Waals surface area contributed by atoms with Gasteiger partial charge in [-0.05, 0) is 64.0 Å². The van der Waals surface area contributed by atoms with Gasteiger partial charge < -0.3 is 35.7 Å². The number of ether oxygens (including phenoxy) is 1. The van der Waals surface area contributed by atoms with Gasteiger partial charge in [0.25, 0.3) is 10.8 Å². The highest BCUT2D eigenvalue weighted by atomic mass is 32.2. The summed E-state index contributed by atoms with van der Waals surface area (Å²) in [4.78, 5) is 49.0. The topological polar surface area (TPSA) is 203 Å². The third-order valence-electron chi connectivity index (χ3n) is 7.09. The average Bonchev–Trinajstić information content (AvgIpc) is 3.64. The first kappa shape index (κ1) is 34.6. The highest BCUT2D eigenvalue weighted by Crippen LogP contribution is 2.32. The van der Waals surface area contributed by atoms with Gasteiger partial charge in [-0.15, -0.1) is 11.8 Å². The Morgan fingerprint density at radius 1 is 1.14 bits per heavy atom. The minimum absolute atomic E-state index is 0.0106. The Morgan fingerprint density at radius 2 is 1.79 bits per heavy atom. The third kappa shape index (κ3) is 9.81. The van der Waals surface area contributed by atoms with Gasteiger partial charge in [0.2, 0.25) is 11.8 Å². The monoisotopic (exact) mass is 641 g/mol. The van der Waals surface area contributed by atoms with Gasteiger partial charge in [-0.25, -0.2) is 13.2 Å². The summed E-state index contributed by atoms with van der Waals surface area (Å²) in [7, 11) is -5.78. The number of hydrogen-bond donors (Lipinski definition) is 5. The molecule has 0 radical (unpaired) electrons. The van der Waals surface area contributed by atoms with Crippen LogP contribution in [0.4, 0.5) is 4.79 Å². The Balaban J connectivity index is 1.78. The van der Waals surface area contributed by atoms with Gasteiger partial charge in [-0.3, -0.25) is 14.4 Å². The molecular weight excluding hydrogens is 600 g/mol. The number of carbonyl (C=O) groups is 4. The van der Waals surface area contributed by atoms with Crippen LogP contribution in [0.1, 0.15) is 59.8 Å². The van der Waals surface area contributed by atoms with Crippen molar-refractivity contribution in [2.45, 2.75) is 92.5 Å². The number of nitrogens with one attached hydrogen (secondary N) is 4. The SMILES string of the molecule is CC(C)C[C@H](NC(=O)OCC(C)(C)Sc1ccccc1)C(=O)N[C@@H](C[C@@H]1CCNC1=O)C(O)(C(=O)NC1CC1)S(=O)(=O)[O-]. The van der Waals surface area contributed by atoms with Crippen LogP contribution in [0.15, 0.2) is 35.2 Å². The van der Waals surface area contributed by atoms with Crippen LogP contribution < -0.4 is 21.3 Å². The van der Waals surface area contributed by atoms with Gasteiger partial charge in [0.05, 0.1) is 6.04 Å². The first-order valence-electron chi connectivity index (χ1n) is 14.3. The summed E-state index contributed by atoms with van der Waals surface area (Å²) in [5.74, 6) is -3.91. The van der Waals surface area contributed by atoms with E-state index in [0.29, 0.717) is 12.8 Å². The Kier molecular flexibility index (Phi) is 11.5. The molecule has 1 unspecified atom stereocenters. The molecule has 2 fully saturated rings. The van der Waals surface area contributed by atoms with E-state index in [-0.39, 0.29) is 31.9 Å². The number of benzene rings is 1. The lowest BCUT2D eigenvalue weighted by molar-refractivity contribution is -0.138. The highest BCUT2D eigenvalue weighted by Gasteiger charge is 2.53. The Morgan fingerprint density at radius 3 is 2.33 bits per heavy atom. The summed E-state index contributed by atoms with van der Waals surface area (Å²) in [6, 6.07) is 5.85. The summed E-state index contributed by atoms with van der Waals surface area (Å²) >= 11 is 1.49. The number of amides is 4. The molecule has 4 atom stereocenters. The molecule has 1 aromatic rings. The Bertz CT molecular complexity index is 1270. The fourth-order valence-electron chi connectivity index (χ4n) is 4.67. The second kappa shape index (κ2) is 14.3. The molecule has 0 spiro atoms. The zero-order chi connectivity index (χ0) is 32.0. The number of carbonyl (C=O) groups excluding carboxylic acids is 4. The Labute approximate surface area is 256 Å². The van der Waals surface area contributed by atoms with Crippen LogP contribution in [0.2, 0.25) is 0 Å². The van der Waals surface area contributed by atoms with E-state index in [1.54, 1.807) is 13.8 Å². The normalized spacial score (nSPS) is 20.0. The van der Waals surface area contributed by atoms with Crippen molar-refractivity contribution in [3.8, 4) is 0 Å². The maximum absolute atomic E-state index is 13.5. The van der Waals surface area contributed by atoms with Gasteiger partial charge in [-0.1, -0.05) is 32.0 Å². The lowest BCUT2D eigenvalue weighted by Crippen LogP contribution is -2.67. The van der Waals surface area contributed by atoms with Crippen LogP contribution in [0, 0.1) is 11.8 Å². The molecule has 3 rings (SSSR count). The predicted octanol–water partition coefficient (Wildman–Crippen LogP) is 1.22. The van der Waals surface area contributed by atoms with E-state index in [1.165, 1.54) is 11.8 Å². The van der Waals surface area contributed by atoms with Crippen LogP contribution in [0.3, 0.4) is 0 Å². The van der Waals surface area contributed by atoms with Crippen molar-refractivity contribution in [3.05, 3.63) is 30.3 Å². The minimum Gasteiger partial charge on any atom is -0.745 e. The second-order valence-corrected chi connectivity index (χ2v) is 15.4. The van der Waals surface area contributed by atoms with E-state index >= 15 is 0 Å². The van der Waals surface area contributed by atoms with Crippen LogP contribution in [-0.2, 0) is 29.2 Å². The van der Waals surface area contributed by atoms with Gasteiger partial charge in [-0.2, -0.15) is 0 Å². The van der Waals surface area contributed by atoms with Crippen LogP contribution >= 0.6 is 11.8 Å². The fraction of sp³-hybridized carbons (Fsp3) is 0.643. The fourth-order valence-corrected chi connectivity index (χ4v) is 6.51. The van der Waals surface area contributed by atoms with Crippen LogP contribution in [0.25, 0.3) is 0 Å². The number of rotatable bonds is 15. The zero-order valence-corrected chi connectivity index (χ0v) is 26.4. The molecule has 13 nitrogen and oxygen atoms in total. The number of hydrogen-bond acceptors (Lipinski definition) is 10. The van der Waals surface area contributed by atoms with E-state index in [9.17, 15) is 37.3 Å². The van der Waals surface area contributed by atoms with Crippen molar-refractivity contribution < 1.29 is 42.0 Å². The third-order valence-corrected chi connectivity index (χ3v) is 9.51. The quantitative estimate of drug-likeness (QED) is 0.137. The highest BCUT2D eigenvalue weighted by molar-refractivity contribution is 8.00. The molecule has 5 N–H and O–H groups in total. The van der Waals surface area contributed by atoms with Gasteiger partial charge in [0.15, 0.2) is 0 Å². The first-order chi connectivity index (χ1) is 20.0. The van der Waals surface area contributed by atoms with E-state index in [4.69, 9.17) is 4.74 Å². The minimum atomic E-state index is -5.78. The van der Waals surface area contributed by atoms with Gasteiger partial charge in [0.1, 0.15) is 22.8 Å². The van der Waals surface area contributed by atoms with E-state index in [0.717, 1.165) is 4.90 Å². The zero-order valence-electron chi connectivity index (χ0n) is 24.8. The molecule has 1 heterocycles. The van der Waals surface area contributed by atoms with E-state index in [1.807, 2.05) is 44.2 Å². The second-order valence-electron chi connectivity index (χ2n) is 12.0. The van der Waals surface area contributed by atoms with Crippen molar-refractivity contribution in [1.82, 2.24) is 21.3 Å². The molecular formula is C28H41N4O9S2-. The number of thioether (sulfide) groups is 1. The lowest BCUT2D eigenvalue weighted by Gasteiger charge is -2.38. The summed E-state index contributed by atoms with van der Waals surface area (Å²) < 4.78 is 42.1. The molecule has 2 aliphatic rings. The average molecular weight is 642 g/mol. The molecule has 1 aliphatic heterocycles. The van der Waals surface area contributed by atoms with E-state index in [2.05, 4.69) is 21.3 Å². The molecule has 1 aliphatic carbocycles. The largest absolute Gasteiger partial charge is 0.745 e. The Hall–Kier alpha value is -2.88. The molecule has 1 saturated heterocycles. The maximum atomic E-state index is 13.5. The standard InChI is InChI=1S/C28H42N4O9S2/c1-17(2)14-21(31-26(36)41-16-27(3,4)42-20-8-6-5-7-9-20)24(34)32-22(15-18-12-13-29-23(18)33)28(37,43(38,39)40)25(35)30-19-10-11-19/h5-9,17-19,21-22,37H,10-16H2,1-4H3,(H,29,33)(H,30,35)(H,31,36)(H,32,34)(H,38,39,40)/p-1/t18-,21-,22-,28?/m0/s1. The molecule has 0 aromatic heterocycles. The van der Waals surface area contributed by atoms with Crippen molar-refractivity contribution in [2.75, 3.05) is 13.2 Å². The van der Waals surface area contributed by atoms with Crippen LogP contribution in [-0.4, -0.2) is 82.8 Å². The maximum Gasteiger partial charge on any atom is 0.407 e. The molecule has 1 saturated carbocycles. The smallest absolute Gasteiger partial charge is 0.407 e. The molecule has 43 heavy (non-hydrogen) atoms. The van der Waals surface area contributed by atoms with Crippen molar-refractivity contribution in [2.24, 2.45) is 11.8 Å². The number of aliphatic hydroxyl groups is 1. The summed E-state index contributed by atoms with van der Waals surface area (Å²) in [6.07, 6.45) is -0.0278. The van der Waals surface area contributed by atoms with Crippen molar-refractivity contribution in [3.63, 3.8) is 0 Å². The molecule has 0 bridgehead atoms. The molecule has 240 valence electrons. The molecule has 15 heteroatoms. The van der Waals surface area contributed by atoms with Crippen molar-refractivity contribution >= 4 is 45.7 Å². The van der Waals surface area contributed by atoms with Crippen LogP contribution in [0.5, 0.6) is 0 Å². The lowest BCUT2D eigenvalue weighted by atomic mass is 9.93. The summed E-state index contributed by atoms with van der Waals surface area (Å²) in [5, 5.41) is 20.9. The molecule has 4 amide bonds. The summed E-state index contributed by atoms with van der Waals surface area (Å²) in [5.41, 5.74) is 0. The first-order valence-corrected chi connectivity index (χ1v) is 16.5. The van der Waals surface area contributed by atoms with Gasteiger partial charge in [0, 0.05) is 28.1 Å². The summed E-state index contributed by atoms with van der Waals surface area (Å²) in [6.45, 7) is 7.60. The van der Waals surface area contributed by atoms with Gasteiger partial charge >= 0.3 is 6.09 Å². The predicted molar refractivity (Wildman–Crippen MR) is 158 cm³/mol. The molecule has 1 aromatic carbocycles. The van der Waals surface area contributed by atoms with E-state index < -0.39 is 74.1 Å². The number of alkyl carbamates (subject to hydrolysis) is 1. The van der Waals surface area contributed by atoms with Crippen molar-refractivity contribution in [1.29, 1.82) is 0 Å².